The Balaban J connectivity index is 1.45. The summed E-state index contributed by atoms with van der Waals surface area (Å²) in [6.07, 6.45) is 4.11. The van der Waals surface area contributed by atoms with Gasteiger partial charge in [0, 0.05) is 44.3 Å². The summed E-state index contributed by atoms with van der Waals surface area (Å²) in [5.41, 5.74) is 0.911. The van der Waals surface area contributed by atoms with E-state index in [-0.39, 0.29) is 11.8 Å². The van der Waals surface area contributed by atoms with Gasteiger partial charge in [0.25, 0.3) is 5.91 Å². The molecule has 0 bridgehead atoms. The van der Waals surface area contributed by atoms with Gasteiger partial charge in [-0.3, -0.25) is 14.5 Å². The fourth-order valence-corrected chi connectivity index (χ4v) is 4.21. The van der Waals surface area contributed by atoms with Crippen LogP contribution in [0.1, 0.15) is 38.2 Å². The van der Waals surface area contributed by atoms with E-state index in [0.717, 1.165) is 44.6 Å². The molecule has 0 aliphatic carbocycles. The van der Waals surface area contributed by atoms with Crippen LogP contribution in [0.5, 0.6) is 5.75 Å². The number of likely N-dealkylation sites (tertiary alicyclic amines) is 1. The van der Waals surface area contributed by atoms with Gasteiger partial charge in [0.05, 0.1) is 6.54 Å². The number of ether oxygens (including phenoxy) is 1. The lowest BCUT2D eigenvalue weighted by molar-refractivity contribution is -0.140. The first-order valence-electron chi connectivity index (χ1n) is 10.7. The van der Waals surface area contributed by atoms with Gasteiger partial charge >= 0.3 is 0 Å². The Labute approximate surface area is 178 Å². The molecule has 0 spiro atoms. The number of carbonyl (C=O) groups excluding carboxylic acids is 2. The maximum absolute atomic E-state index is 12.8. The Kier molecular flexibility index (Phi) is 7.78. The topological polar surface area (TPSA) is 53.1 Å². The number of amides is 2. The Morgan fingerprint density at radius 1 is 1.00 bits per heavy atom. The molecule has 2 aliphatic heterocycles. The molecule has 1 atom stereocenters. The van der Waals surface area contributed by atoms with Crippen LogP contribution >= 0.6 is 11.6 Å². The van der Waals surface area contributed by atoms with E-state index in [1.165, 1.54) is 12.8 Å². The van der Waals surface area contributed by atoms with E-state index in [0.29, 0.717) is 30.4 Å². The van der Waals surface area contributed by atoms with Gasteiger partial charge in [-0.2, -0.15) is 0 Å². The van der Waals surface area contributed by atoms with E-state index in [1.54, 1.807) is 19.1 Å². The minimum Gasteiger partial charge on any atom is -0.481 e. The molecule has 2 fully saturated rings. The summed E-state index contributed by atoms with van der Waals surface area (Å²) >= 11 is 5.98. The lowest BCUT2D eigenvalue weighted by Crippen LogP contribution is -2.53. The predicted octanol–water partition coefficient (Wildman–Crippen LogP) is 2.96. The summed E-state index contributed by atoms with van der Waals surface area (Å²) < 4.78 is 5.87. The first-order valence-corrected chi connectivity index (χ1v) is 11.0. The summed E-state index contributed by atoms with van der Waals surface area (Å²) in [5, 5.41) is 0.652. The lowest BCUT2D eigenvalue weighted by atomic mass is 10.2. The number of piperazine rings is 1. The highest BCUT2D eigenvalue weighted by atomic mass is 35.5. The van der Waals surface area contributed by atoms with Gasteiger partial charge in [-0.05, 0) is 50.5 Å². The number of halogens is 1. The molecule has 0 N–H and O–H groups in total. The third kappa shape index (κ3) is 6.09. The maximum Gasteiger partial charge on any atom is 0.263 e. The summed E-state index contributed by atoms with van der Waals surface area (Å²) in [4.78, 5) is 31.4. The van der Waals surface area contributed by atoms with Gasteiger partial charge in [-0.25, -0.2) is 0 Å². The summed E-state index contributed by atoms with van der Waals surface area (Å²) in [6, 6.07) is 5.39. The molecule has 29 heavy (non-hydrogen) atoms. The average Bonchev–Trinajstić information content (AvgIpc) is 3.00. The van der Waals surface area contributed by atoms with Crippen molar-refractivity contribution in [3.05, 3.63) is 28.8 Å². The van der Waals surface area contributed by atoms with Gasteiger partial charge in [0.2, 0.25) is 5.91 Å². The van der Waals surface area contributed by atoms with Crippen LogP contribution in [0.3, 0.4) is 0 Å². The van der Waals surface area contributed by atoms with Crippen LogP contribution in [0.4, 0.5) is 0 Å². The first kappa shape index (κ1) is 21.9. The monoisotopic (exact) mass is 421 g/mol. The quantitative estimate of drug-likeness (QED) is 0.733. The highest BCUT2D eigenvalue weighted by Crippen LogP contribution is 2.23. The third-order valence-corrected chi connectivity index (χ3v) is 6.03. The van der Waals surface area contributed by atoms with Gasteiger partial charge in [-0.15, -0.1) is 0 Å². The van der Waals surface area contributed by atoms with E-state index in [4.69, 9.17) is 16.3 Å². The third-order valence-electron chi connectivity index (χ3n) is 5.79. The molecule has 0 aromatic heterocycles. The first-order chi connectivity index (χ1) is 13.9. The van der Waals surface area contributed by atoms with E-state index in [9.17, 15) is 9.59 Å². The SMILES string of the molecule is Cc1cc(Cl)ccc1OC(C)C(=O)N1CCN(CC(=O)N2CCCCCC2)CC1. The minimum absolute atomic E-state index is 0.0159. The second kappa shape index (κ2) is 10.3. The van der Waals surface area contributed by atoms with Crippen molar-refractivity contribution in [1.29, 1.82) is 0 Å². The Morgan fingerprint density at radius 3 is 2.28 bits per heavy atom. The highest BCUT2D eigenvalue weighted by molar-refractivity contribution is 6.30. The van der Waals surface area contributed by atoms with Gasteiger partial charge in [0.1, 0.15) is 5.75 Å². The second-order valence-electron chi connectivity index (χ2n) is 8.07. The molecular formula is C22H32ClN3O3. The zero-order valence-corrected chi connectivity index (χ0v) is 18.3. The van der Waals surface area contributed by atoms with Crippen molar-refractivity contribution in [3.8, 4) is 5.75 Å². The molecule has 0 saturated carbocycles. The normalized spacial score (nSPS) is 19.6. The van der Waals surface area contributed by atoms with E-state index >= 15 is 0 Å². The Morgan fingerprint density at radius 2 is 1.66 bits per heavy atom. The molecular weight excluding hydrogens is 390 g/mol. The van der Waals surface area contributed by atoms with Crippen molar-refractivity contribution >= 4 is 23.4 Å². The molecule has 160 valence electrons. The van der Waals surface area contributed by atoms with Crippen molar-refractivity contribution < 1.29 is 14.3 Å². The summed E-state index contributed by atoms with van der Waals surface area (Å²) in [6.45, 7) is 8.61. The zero-order chi connectivity index (χ0) is 20.8. The Hall–Kier alpha value is -1.79. The van der Waals surface area contributed by atoms with Crippen molar-refractivity contribution in [1.82, 2.24) is 14.7 Å². The Bertz CT molecular complexity index is 711. The average molecular weight is 422 g/mol. The van der Waals surface area contributed by atoms with Crippen molar-refractivity contribution in [2.75, 3.05) is 45.8 Å². The molecule has 6 nitrogen and oxygen atoms in total. The molecule has 0 radical (unpaired) electrons. The summed E-state index contributed by atoms with van der Waals surface area (Å²) in [7, 11) is 0. The van der Waals surface area contributed by atoms with Gasteiger partial charge < -0.3 is 14.5 Å². The van der Waals surface area contributed by atoms with E-state index in [1.807, 2.05) is 22.8 Å². The number of nitrogens with zero attached hydrogens (tertiary/aromatic N) is 3. The van der Waals surface area contributed by atoms with Crippen LogP contribution < -0.4 is 4.74 Å². The lowest BCUT2D eigenvalue weighted by Gasteiger charge is -2.36. The summed E-state index contributed by atoms with van der Waals surface area (Å²) in [5.74, 6) is 0.886. The van der Waals surface area contributed by atoms with E-state index < -0.39 is 6.10 Å². The van der Waals surface area contributed by atoms with Gasteiger partial charge in [-0.1, -0.05) is 24.4 Å². The fraction of sp³-hybridized carbons (Fsp3) is 0.636. The number of hydrogen-bond acceptors (Lipinski definition) is 4. The predicted molar refractivity (Wildman–Crippen MR) is 114 cm³/mol. The van der Waals surface area contributed by atoms with Crippen molar-refractivity contribution in [3.63, 3.8) is 0 Å². The van der Waals surface area contributed by atoms with Crippen LogP contribution in [-0.2, 0) is 9.59 Å². The van der Waals surface area contributed by atoms with Gasteiger partial charge in [0.15, 0.2) is 6.10 Å². The standard InChI is InChI=1S/C22H32ClN3O3/c1-17-15-19(23)7-8-20(17)29-18(2)22(28)26-13-11-24(12-14-26)16-21(27)25-9-5-3-4-6-10-25/h7-8,15,18H,3-6,9-14,16H2,1-2H3. The number of hydrogen-bond donors (Lipinski definition) is 0. The van der Waals surface area contributed by atoms with Crippen molar-refractivity contribution in [2.45, 2.75) is 45.6 Å². The number of benzene rings is 1. The van der Waals surface area contributed by atoms with E-state index in [2.05, 4.69) is 4.90 Å². The molecule has 1 unspecified atom stereocenters. The van der Waals surface area contributed by atoms with Crippen LogP contribution in [0, 0.1) is 6.92 Å². The molecule has 1 aromatic rings. The number of aryl methyl sites for hydroxylation is 1. The molecule has 2 heterocycles. The zero-order valence-electron chi connectivity index (χ0n) is 17.5. The number of carbonyl (C=O) groups is 2. The number of rotatable bonds is 5. The maximum atomic E-state index is 12.8. The highest BCUT2D eigenvalue weighted by Gasteiger charge is 2.28. The molecule has 2 aliphatic rings. The minimum atomic E-state index is -0.555. The van der Waals surface area contributed by atoms with Crippen LogP contribution in [0.2, 0.25) is 5.02 Å². The largest absolute Gasteiger partial charge is 0.481 e. The van der Waals surface area contributed by atoms with Crippen LogP contribution in [0.25, 0.3) is 0 Å². The van der Waals surface area contributed by atoms with Crippen LogP contribution in [-0.4, -0.2) is 78.4 Å². The fourth-order valence-electron chi connectivity index (χ4n) is 3.98. The molecule has 3 rings (SSSR count). The van der Waals surface area contributed by atoms with Crippen LogP contribution in [0.15, 0.2) is 18.2 Å². The molecule has 7 heteroatoms. The second-order valence-corrected chi connectivity index (χ2v) is 8.50. The molecule has 2 saturated heterocycles. The molecule has 2 amide bonds. The van der Waals surface area contributed by atoms with Crippen molar-refractivity contribution in [2.24, 2.45) is 0 Å². The smallest absolute Gasteiger partial charge is 0.263 e. The molecule has 1 aromatic carbocycles.